The summed E-state index contributed by atoms with van der Waals surface area (Å²) in [5.41, 5.74) is 1.31. The summed E-state index contributed by atoms with van der Waals surface area (Å²) in [6.07, 6.45) is -7.09. The summed E-state index contributed by atoms with van der Waals surface area (Å²) in [5.74, 6) is 0. The van der Waals surface area contributed by atoms with E-state index in [9.17, 15) is 18.3 Å². The Balaban J connectivity index is 2.37. The van der Waals surface area contributed by atoms with Crippen molar-refractivity contribution >= 4 is 0 Å². The van der Waals surface area contributed by atoms with Gasteiger partial charge in [-0.3, -0.25) is 0 Å². The molecule has 1 nitrogen and oxygen atoms in total. The second-order valence-corrected chi connectivity index (χ2v) is 3.94. The Morgan fingerprint density at radius 2 is 1.44 bits per heavy atom. The Kier molecular flexibility index (Phi) is 3.39. The van der Waals surface area contributed by atoms with Crippen LogP contribution in [0.3, 0.4) is 0 Å². The first kappa shape index (κ1) is 12.6. The molecule has 0 bridgehead atoms. The second kappa shape index (κ2) is 4.82. The molecule has 0 saturated heterocycles. The van der Waals surface area contributed by atoms with E-state index in [1.807, 2.05) is 18.2 Å². The highest BCUT2D eigenvalue weighted by Gasteiger charge is 2.39. The normalized spacial score (nSPS) is 13.3. The van der Waals surface area contributed by atoms with Crippen LogP contribution in [-0.2, 0) is 0 Å². The first-order valence-electron chi connectivity index (χ1n) is 5.38. The Morgan fingerprint density at radius 3 is 2.06 bits per heavy atom. The van der Waals surface area contributed by atoms with Crippen molar-refractivity contribution in [1.82, 2.24) is 0 Å². The van der Waals surface area contributed by atoms with Gasteiger partial charge in [0.15, 0.2) is 6.10 Å². The van der Waals surface area contributed by atoms with Gasteiger partial charge >= 0.3 is 6.18 Å². The molecule has 0 saturated carbocycles. The smallest absolute Gasteiger partial charge is 0.379 e. The number of alkyl halides is 3. The van der Waals surface area contributed by atoms with Gasteiger partial charge < -0.3 is 5.11 Å². The minimum atomic E-state index is -4.64. The number of aliphatic hydroxyl groups excluding tert-OH is 1. The average Bonchev–Trinajstić information content (AvgIpc) is 2.38. The van der Waals surface area contributed by atoms with Gasteiger partial charge in [-0.2, -0.15) is 13.2 Å². The molecule has 2 aromatic rings. The molecule has 2 rings (SSSR count). The van der Waals surface area contributed by atoms with E-state index in [1.165, 1.54) is 18.2 Å². The summed E-state index contributed by atoms with van der Waals surface area (Å²) in [6.45, 7) is 0. The maximum Gasteiger partial charge on any atom is 0.418 e. The van der Waals surface area contributed by atoms with Crippen LogP contribution in [0.25, 0.3) is 11.1 Å². The minimum Gasteiger partial charge on any atom is -0.379 e. The predicted molar refractivity (Wildman–Crippen MR) is 62.9 cm³/mol. The lowest BCUT2D eigenvalue weighted by molar-refractivity contribution is -0.206. The fourth-order valence-corrected chi connectivity index (χ4v) is 1.71. The van der Waals surface area contributed by atoms with Gasteiger partial charge in [0, 0.05) is 0 Å². The Morgan fingerprint density at radius 1 is 0.833 bits per heavy atom. The molecule has 0 radical (unpaired) electrons. The third-order valence-electron chi connectivity index (χ3n) is 2.62. The third-order valence-corrected chi connectivity index (χ3v) is 2.62. The van der Waals surface area contributed by atoms with E-state index in [2.05, 4.69) is 0 Å². The molecule has 0 aliphatic carbocycles. The number of halogens is 3. The summed E-state index contributed by atoms with van der Waals surface area (Å²) < 4.78 is 37.3. The van der Waals surface area contributed by atoms with Crippen molar-refractivity contribution in [2.24, 2.45) is 0 Å². The largest absolute Gasteiger partial charge is 0.418 e. The Hall–Kier alpha value is -1.81. The van der Waals surface area contributed by atoms with Crippen LogP contribution in [0.2, 0.25) is 0 Å². The van der Waals surface area contributed by atoms with E-state index in [0.717, 1.165) is 5.56 Å². The van der Waals surface area contributed by atoms with E-state index in [4.69, 9.17) is 0 Å². The molecule has 1 atom stereocenters. The molecular formula is C14H11F3O. The zero-order valence-electron chi connectivity index (χ0n) is 9.35. The van der Waals surface area contributed by atoms with Gasteiger partial charge in [0.1, 0.15) is 0 Å². The van der Waals surface area contributed by atoms with Crippen molar-refractivity contribution in [3.05, 3.63) is 60.2 Å². The lowest BCUT2D eigenvalue weighted by Gasteiger charge is -2.15. The van der Waals surface area contributed by atoms with Gasteiger partial charge in [0.05, 0.1) is 0 Å². The van der Waals surface area contributed by atoms with Crippen molar-refractivity contribution in [2.45, 2.75) is 12.3 Å². The van der Waals surface area contributed by atoms with Crippen molar-refractivity contribution in [3.8, 4) is 11.1 Å². The van der Waals surface area contributed by atoms with Gasteiger partial charge in [0.2, 0.25) is 0 Å². The molecule has 0 aromatic heterocycles. The third kappa shape index (κ3) is 2.71. The van der Waals surface area contributed by atoms with E-state index in [-0.39, 0.29) is 5.56 Å². The van der Waals surface area contributed by atoms with Crippen LogP contribution in [0, 0.1) is 0 Å². The van der Waals surface area contributed by atoms with Gasteiger partial charge in [-0.05, 0) is 22.8 Å². The SMILES string of the molecule is OC(c1cccc(-c2ccccc2)c1)C(F)(F)F. The van der Waals surface area contributed by atoms with E-state index in [1.54, 1.807) is 18.2 Å². The molecule has 0 spiro atoms. The lowest BCUT2D eigenvalue weighted by atomic mass is 10.0. The number of hydrogen-bond donors (Lipinski definition) is 1. The first-order valence-corrected chi connectivity index (χ1v) is 5.38. The molecule has 1 N–H and O–H groups in total. The van der Waals surface area contributed by atoms with E-state index in [0.29, 0.717) is 5.56 Å². The maximum absolute atomic E-state index is 12.4. The van der Waals surface area contributed by atoms with Crippen LogP contribution in [0.15, 0.2) is 54.6 Å². The molecular weight excluding hydrogens is 241 g/mol. The topological polar surface area (TPSA) is 20.2 Å². The summed E-state index contributed by atoms with van der Waals surface area (Å²) in [4.78, 5) is 0. The van der Waals surface area contributed by atoms with Crippen molar-refractivity contribution < 1.29 is 18.3 Å². The number of benzene rings is 2. The zero-order chi connectivity index (χ0) is 13.2. The number of aliphatic hydroxyl groups is 1. The zero-order valence-corrected chi connectivity index (χ0v) is 9.35. The van der Waals surface area contributed by atoms with Crippen LogP contribution >= 0.6 is 0 Å². The maximum atomic E-state index is 12.4. The predicted octanol–water partition coefficient (Wildman–Crippen LogP) is 3.95. The molecule has 0 heterocycles. The molecule has 94 valence electrons. The number of rotatable bonds is 2. The Labute approximate surface area is 103 Å². The highest BCUT2D eigenvalue weighted by Crippen LogP contribution is 2.33. The van der Waals surface area contributed by atoms with Crippen LogP contribution in [-0.4, -0.2) is 11.3 Å². The van der Waals surface area contributed by atoms with Gasteiger partial charge in [-0.25, -0.2) is 0 Å². The molecule has 0 amide bonds. The molecule has 4 heteroatoms. The summed E-state index contributed by atoms with van der Waals surface area (Å²) >= 11 is 0. The fourth-order valence-electron chi connectivity index (χ4n) is 1.71. The van der Waals surface area contributed by atoms with Crippen LogP contribution in [0.5, 0.6) is 0 Å². The van der Waals surface area contributed by atoms with Crippen molar-refractivity contribution in [3.63, 3.8) is 0 Å². The van der Waals surface area contributed by atoms with Crippen LogP contribution < -0.4 is 0 Å². The van der Waals surface area contributed by atoms with E-state index >= 15 is 0 Å². The van der Waals surface area contributed by atoms with Crippen LogP contribution in [0.1, 0.15) is 11.7 Å². The molecule has 18 heavy (non-hydrogen) atoms. The standard InChI is InChI=1S/C14H11F3O/c15-14(16,17)13(18)12-8-4-7-11(9-12)10-5-2-1-3-6-10/h1-9,13,18H. The van der Waals surface area contributed by atoms with Gasteiger partial charge in [-0.1, -0.05) is 48.5 Å². The summed E-state index contributed by atoms with van der Waals surface area (Å²) in [6, 6.07) is 14.9. The molecule has 1 unspecified atom stereocenters. The Bertz CT molecular complexity index is 520. The first-order chi connectivity index (χ1) is 8.48. The molecule has 2 aromatic carbocycles. The minimum absolute atomic E-state index is 0.149. The monoisotopic (exact) mass is 252 g/mol. The highest BCUT2D eigenvalue weighted by molar-refractivity contribution is 5.64. The second-order valence-electron chi connectivity index (χ2n) is 3.94. The summed E-state index contributed by atoms with van der Waals surface area (Å²) in [5, 5.41) is 9.20. The van der Waals surface area contributed by atoms with Crippen molar-refractivity contribution in [1.29, 1.82) is 0 Å². The van der Waals surface area contributed by atoms with Crippen molar-refractivity contribution in [2.75, 3.05) is 0 Å². The van der Waals surface area contributed by atoms with Gasteiger partial charge in [0.25, 0.3) is 0 Å². The summed E-state index contributed by atoms with van der Waals surface area (Å²) in [7, 11) is 0. The fraction of sp³-hybridized carbons (Fsp3) is 0.143. The molecule has 0 fully saturated rings. The highest BCUT2D eigenvalue weighted by atomic mass is 19.4. The molecule has 0 aliphatic rings. The van der Waals surface area contributed by atoms with Gasteiger partial charge in [-0.15, -0.1) is 0 Å². The molecule has 0 aliphatic heterocycles. The number of hydrogen-bond acceptors (Lipinski definition) is 1. The quantitative estimate of drug-likeness (QED) is 0.858. The average molecular weight is 252 g/mol. The van der Waals surface area contributed by atoms with Crippen LogP contribution in [0.4, 0.5) is 13.2 Å². The lowest BCUT2D eigenvalue weighted by Crippen LogP contribution is -2.20. The van der Waals surface area contributed by atoms with E-state index < -0.39 is 12.3 Å².